The lowest BCUT2D eigenvalue weighted by atomic mass is 9.97. The van der Waals surface area contributed by atoms with Crippen LogP contribution in [0.4, 0.5) is 11.4 Å². The van der Waals surface area contributed by atoms with Crippen LogP contribution in [-0.4, -0.2) is 58.9 Å². The van der Waals surface area contributed by atoms with Crippen molar-refractivity contribution >= 4 is 27.2 Å². The average Bonchev–Trinajstić information content (AvgIpc) is 2.91. The number of rotatable bonds is 5. The Kier molecular flexibility index (Phi) is 6.45. The van der Waals surface area contributed by atoms with Gasteiger partial charge in [0.1, 0.15) is 5.75 Å². The van der Waals surface area contributed by atoms with Crippen molar-refractivity contribution in [2.45, 2.75) is 11.8 Å². The maximum absolute atomic E-state index is 13.7. The first kappa shape index (κ1) is 23.9. The number of hydrogen-bond donors (Lipinski definition) is 0. The van der Waals surface area contributed by atoms with Gasteiger partial charge in [-0.25, -0.2) is 8.42 Å². The number of anilines is 2. The Balaban J connectivity index is 1.46. The number of hydrogen-bond acceptors (Lipinski definition) is 6. The minimum absolute atomic E-state index is 0.0336. The van der Waals surface area contributed by atoms with Gasteiger partial charge in [0.05, 0.1) is 24.2 Å². The Morgan fingerprint density at radius 2 is 1.58 bits per heavy atom. The van der Waals surface area contributed by atoms with Crippen LogP contribution in [0.25, 0.3) is 0 Å². The first-order chi connectivity index (χ1) is 17.4. The van der Waals surface area contributed by atoms with Crippen LogP contribution in [0.3, 0.4) is 0 Å². The normalized spacial score (nSPS) is 17.3. The van der Waals surface area contributed by atoms with Crippen LogP contribution in [0.15, 0.2) is 89.5 Å². The zero-order chi connectivity index (χ0) is 25.3. The van der Waals surface area contributed by atoms with E-state index < -0.39 is 10.0 Å². The van der Waals surface area contributed by atoms with Gasteiger partial charge in [-0.05, 0) is 43.3 Å². The van der Waals surface area contributed by atoms with Gasteiger partial charge >= 0.3 is 0 Å². The molecule has 2 heterocycles. The van der Waals surface area contributed by atoms with Gasteiger partial charge in [0.15, 0.2) is 5.78 Å². The molecule has 0 bridgehead atoms. The number of aryl methyl sites for hydroxylation is 1. The van der Waals surface area contributed by atoms with E-state index in [0.717, 1.165) is 31.7 Å². The summed E-state index contributed by atoms with van der Waals surface area (Å²) in [6.07, 6.45) is 1.84. The van der Waals surface area contributed by atoms with Crippen molar-refractivity contribution in [1.29, 1.82) is 0 Å². The molecule has 2 aliphatic heterocycles. The maximum Gasteiger partial charge on any atom is 0.264 e. The Hall–Kier alpha value is -3.78. The number of carbonyl (C=O) groups is 1. The summed E-state index contributed by atoms with van der Waals surface area (Å²) in [7, 11) is -2.38. The van der Waals surface area contributed by atoms with Crippen LogP contribution in [0.5, 0.6) is 5.75 Å². The molecule has 2 aliphatic rings. The largest absolute Gasteiger partial charge is 0.497 e. The van der Waals surface area contributed by atoms with Gasteiger partial charge in [0, 0.05) is 55.3 Å². The van der Waals surface area contributed by atoms with E-state index in [1.807, 2.05) is 31.3 Å². The molecular weight excluding hydrogens is 474 g/mol. The van der Waals surface area contributed by atoms with Crippen LogP contribution in [-0.2, 0) is 10.0 Å². The number of ether oxygens (including phenoxy) is 1. The predicted molar refractivity (Wildman–Crippen MR) is 141 cm³/mol. The second-order valence-corrected chi connectivity index (χ2v) is 10.9. The van der Waals surface area contributed by atoms with Crippen molar-refractivity contribution in [3.05, 3.63) is 95.7 Å². The molecular formula is C28H29N3O4S. The van der Waals surface area contributed by atoms with E-state index in [-0.39, 0.29) is 17.2 Å². The van der Waals surface area contributed by atoms with Crippen molar-refractivity contribution in [3.8, 4) is 5.75 Å². The summed E-state index contributed by atoms with van der Waals surface area (Å²) in [5.74, 6) is 0.337. The summed E-state index contributed by atoms with van der Waals surface area (Å²) in [6, 6.07) is 22.0. The summed E-state index contributed by atoms with van der Waals surface area (Å²) < 4.78 is 34.1. The minimum Gasteiger partial charge on any atom is -0.497 e. The molecule has 36 heavy (non-hydrogen) atoms. The topological polar surface area (TPSA) is 70.2 Å². The van der Waals surface area contributed by atoms with Crippen molar-refractivity contribution in [2.24, 2.45) is 0 Å². The van der Waals surface area contributed by atoms with Crippen molar-refractivity contribution < 1.29 is 17.9 Å². The first-order valence-corrected chi connectivity index (χ1v) is 13.4. The molecule has 0 spiro atoms. The average molecular weight is 504 g/mol. The van der Waals surface area contributed by atoms with E-state index in [1.54, 1.807) is 42.5 Å². The highest BCUT2D eigenvalue weighted by Crippen LogP contribution is 2.36. The molecule has 0 amide bonds. The number of Topliss-reactive ketones (excluding diaryl/α,β-unsaturated/α-hetero) is 1. The Bertz CT molecular complexity index is 1390. The van der Waals surface area contributed by atoms with Gasteiger partial charge < -0.3 is 14.5 Å². The molecule has 0 atom stereocenters. The Morgan fingerprint density at radius 3 is 2.25 bits per heavy atom. The second-order valence-electron chi connectivity index (χ2n) is 9.05. The number of fused-ring (bicyclic) bond motifs is 1. The van der Waals surface area contributed by atoms with E-state index in [4.69, 9.17) is 4.74 Å². The molecule has 0 aliphatic carbocycles. The molecule has 186 valence electrons. The predicted octanol–water partition coefficient (Wildman–Crippen LogP) is 4.10. The molecule has 0 N–H and O–H groups in total. The molecule has 3 aromatic rings. The summed E-state index contributed by atoms with van der Waals surface area (Å²) in [5, 5.41) is 0. The van der Waals surface area contributed by atoms with Crippen molar-refractivity contribution in [3.63, 3.8) is 0 Å². The maximum atomic E-state index is 13.7. The number of carbonyl (C=O) groups excluding carboxylic acids is 1. The standard InChI is InChI=1S/C28H29N3O4S/c1-21-8-11-25(12-9-21)36(33,34)31-20-22(28(32)26-13-10-24(35-2)18-27(26)31)19-29-14-16-30(17-15-29)23-6-4-3-5-7-23/h3-13,18-19H,14-17,20H2,1-2H3. The minimum atomic E-state index is -3.90. The lowest BCUT2D eigenvalue weighted by Crippen LogP contribution is -2.45. The van der Waals surface area contributed by atoms with Crippen LogP contribution in [0, 0.1) is 6.92 Å². The Labute approximate surface area is 212 Å². The number of nitrogens with zero attached hydrogens (tertiary/aromatic N) is 3. The molecule has 0 unspecified atom stereocenters. The van der Waals surface area contributed by atoms with Crippen molar-refractivity contribution in [1.82, 2.24) is 4.90 Å². The lowest BCUT2D eigenvalue weighted by Gasteiger charge is -2.37. The molecule has 1 fully saturated rings. The number of sulfonamides is 1. The highest BCUT2D eigenvalue weighted by atomic mass is 32.2. The monoisotopic (exact) mass is 503 g/mol. The van der Waals surface area contributed by atoms with E-state index in [9.17, 15) is 13.2 Å². The molecule has 7 nitrogen and oxygen atoms in total. The zero-order valence-corrected chi connectivity index (χ0v) is 21.2. The van der Waals surface area contributed by atoms with Crippen LogP contribution >= 0.6 is 0 Å². The van der Waals surface area contributed by atoms with E-state index >= 15 is 0 Å². The highest BCUT2D eigenvalue weighted by molar-refractivity contribution is 7.92. The summed E-state index contributed by atoms with van der Waals surface area (Å²) in [6.45, 7) is 5.00. The SMILES string of the molecule is COc1ccc2c(c1)N(S(=O)(=O)c1ccc(C)cc1)CC(=CN1CCN(c3ccccc3)CC1)C2=O. The van der Waals surface area contributed by atoms with Gasteiger partial charge in [-0.1, -0.05) is 35.9 Å². The third-order valence-electron chi connectivity index (χ3n) is 6.71. The number of piperazine rings is 1. The lowest BCUT2D eigenvalue weighted by molar-refractivity contribution is 0.102. The fourth-order valence-corrected chi connectivity index (χ4v) is 6.09. The van der Waals surface area contributed by atoms with E-state index in [1.165, 1.54) is 17.1 Å². The molecule has 0 aromatic heterocycles. The highest BCUT2D eigenvalue weighted by Gasteiger charge is 2.36. The first-order valence-electron chi connectivity index (χ1n) is 11.9. The van der Waals surface area contributed by atoms with Crippen LogP contribution in [0.1, 0.15) is 15.9 Å². The molecule has 0 radical (unpaired) electrons. The van der Waals surface area contributed by atoms with Crippen LogP contribution < -0.4 is 13.9 Å². The molecule has 3 aromatic carbocycles. The van der Waals surface area contributed by atoms with E-state index in [0.29, 0.717) is 22.6 Å². The van der Waals surface area contributed by atoms with Gasteiger partial charge in [-0.2, -0.15) is 0 Å². The third kappa shape index (κ3) is 4.56. The summed E-state index contributed by atoms with van der Waals surface area (Å²) in [4.78, 5) is 18.1. The van der Waals surface area contributed by atoms with Gasteiger partial charge in [0.2, 0.25) is 0 Å². The van der Waals surface area contributed by atoms with E-state index in [2.05, 4.69) is 21.9 Å². The van der Waals surface area contributed by atoms with Gasteiger partial charge in [-0.3, -0.25) is 9.10 Å². The summed E-state index contributed by atoms with van der Waals surface area (Å²) >= 11 is 0. The van der Waals surface area contributed by atoms with Gasteiger partial charge in [0.25, 0.3) is 10.0 Å². The third-order valence-corrected chi connectivity index (χ3v) is 8.48. The quantitative estimate of drug-likeness (QED) is 0.489. The number of ketones is 1. The summed E-state index contributed by atoms with van der Waals surface area (Å²) in [5.41, 5.74) is 3.30. The fraction of sp³-hybridized carbons (Fsp3) is 0.250. The smallest absolute Gasteiger partial charge is 0.264 e. The fourth-order valence-electron chi connectivity index (χ4n) is 4.64. The van der Waals surface area contributed by atoms with Gasteiger partial charge in [-0.15, -0.1) is 0 Å². The number of methoxy groups -OCH3 is 1. The molecule has 5 rings (SSSR count). The number of para-hydroxylation sites is 1. The molecule has 0 saturated carbocycles. The zero-order valence-electron chi connectivity index (χ0n) is 20.4. The Morgan fingerprint density at radius 1 is 0.889 bits per heavy atom. The van der Waals surface area contributed by atoms with Crippen LogP contribution in [0.2, 0.25) is 0 Å². The molecule has 1 saturated heterocycles. The van der Waals surface area contributed by atoms with Crippen molar-refractivity contribution in [2.75, 3.05) is 49.0 Å². The molecule has 8 heteroatoms. The second kappa shape index (κ2) is 9.70. The number of benzene rings is 3.